The molecular formula is C32H42N10O6. The molecule has 256 valence electrons. The third-order valence-corrected chi connectivity index (χ3v) is 7.09. The van der Waals surface area contributed by atoms with Crippen LogP contribution in [0.1, 0.15) is 76.2 Å². The standard InChI is InChI=1S/C32H42N10O6/c1-10-11-38(5)30(46)24-14-20(16-41(24)8)33-27(43)22-12-19(15-39(22)6)34-29(45)26-36-25(18-42(26)9)37-28(44)23-13-21(17-40(23)7)35-31(47)48-32(2,3)4/h12-18H,10-11H2,1-9H3,(H,33,43)(H,34,45)(H,35,47)(H,37,44). The first kappa shape index (κ1) is 35.1. The third kappa shape index (κ3) is 8.31. The van der Waals surface area contributed by atoms with Gasteiger partial charge < -0.3 is 43.9 Å². The predicted molar refractivity (Wildman–Crippen MR) is 180 cm³/mol. The number of nitrogens with one attached hydrogen (secondary N) is 4. The molecule has 0 spiro atoms. The minimum atomic E-state index is -0.679. The summed E-state index contributed by atoms with van der Waals surface area (Å²) in [6.45, 7) is 7.84. The summed E-state index contributed by atoms with van der Waals surface area (Å²) >= 11 is 0. The first-order valence-corrected chi connectivity index (χ1v) is 15.2. The van der Waals surface area contributed by atoms with E-state index < -0.39 is 29.4 Å². The quantitative estimate of drug-likeness (QED) is 0.198. The average molecular weight is 663 g/mol. The Morgan fingerprint density at radius 2 is 1.19 bits per heavy atom. The number of ether oxygens (including phenoxy) is 1. The summed E-state index contributed by atoms with van der Waals surface area (Å²) in [5.74, 6) is -1.53. The maximum Gasteiger partial charge on any atom is 0.412 e. The molecule has 4 heterocycles. The average Bonchev–Trinajstić information content (AvgIpc) is 3.72. The summed E-state index contributed by atoms with van der Waals surface area (Å²) in [6.07, 6.45) is 6.46. The summed E-state index contributed by atoms with van der Waals surface area (Å²) in [7, 11) is 8.37. The number of aryl methyl sites for hydroxylation is 4. The Balaban J connectivity index is 1.39. The first-order valence-electron chi connectivity index (χ1n) is 15.2. The molecule has 0 aliphatic carbocycles. The number of carbonyl (C=O) groups is 5. The Labute approximate surface area is 278 Å². The van der Waals surface area contributed by atoms with Crippen LogP contribution in [0.5, 0.6) is 0 Å². The molecule has 4 aromatic rings. The minimum Gasteiger partial charge on any atom is -0.444 e. The van der Waals surface area contributed by atoms with Crippen LogP contribution in [0.25, 0.3) is 0 Å². The van der Waals surface area contributed by atoms with Gasteiger partial charge in [-0.25, -0.2) is 9.78 Å². The molecule has 0 atom stereocenters. The van der Waals surface area contributed by atoms with E-state index in [4.69, 9.17) is 4.74 Å². The van der Waals surface area contributed by atoms with Crippen molar-refractivity contribution in [3.63, 3.8) is 0 Å². The number of amides is 5. The van der Waals surface area contributed by atoms with Gasteiger partial charge in [0, 0.05) is 66.6 Å². The van der Waals surface area contributed by atoms with Crippen molar-refractivity contribution >= 4 is 52.6 Å². The van der Waals surface area contributed by atoms with E-state index in [0.29, 0.717) is 29.3 Å². The number of anilines is 4. The molecular weight excluding hydrogens is 620 g/mol. The van der Waals surface area contributed by atoms with E-state index in [1.807, 2.05) is 6.92 Å². The molecule has 16 heteroatoms. The fourth-order valence-corrected chi connectivity index (χ4v) is 4.92. The lowest BCUT2D eigenvalue weighted by Gasteiger charge is -2.19. The monoisotopic (exact) mass is 662 g/mol. The van der Waals surface area contributed by atoms with E-state index in [2.05, 4.69) is 26.3 Å². The molecule has 4 aromatic heterocycles. The van der Waals surface area contributed by atoms with E-state index in [9.17, 15) is 24.0 Å². The highest BCUT2D eigenvalue weighted by molar-refractivity contribution is 6.07. The van der Waals surface area contributed by atoms with E-state index >= 15 is 0 Å². The molecule has 0 aliphatic rings. The Hall–Kier alpha value is -5.80. The van der Waals surface area contributed by atoms with Gasteiger partial charge in [0.05, 0.1) is 17.1 Å². The number of imidazole rings is 1. The number of hydrogen-bond acceptors (Lipinski definition) is 7. The van der Waals surface area contributed by atoms with Gasteiger partial charge >= 0.3 is 6.09 Å². The smallest absolute Gasteiger partial charge is 0.412 e. The molecule has 0 bridgehead atoms. The zero-order chi connectivity index (χ0) is 35.5. The largest absolute Gasteiger partial charge is 0.444 e. The van der Waals surface area contributed by atoms with Crippen LogP contribution in [0.15, 0.2) is 43.0 Å². The number of hydrogen-bond donors (Lipinski definition) is 4. The molecule has 48 heavy (non-hydrogen) atoms. The van der Waals surface area contributed by atoms with Crippen LogP contribution < -0.4 is 21.3 Å². The van der Waals surface area contributed by atoms with Crippen molar-refractivity contribution in [1.82, 2.24) is 28.2 Å². The molecule has 0 aromatic carbocycles. The van der Waals surface area contributed by atoms with Crippen molar-refractivity contribution in [3.05, 3.63) is 65.9 Å². The van der Waals surface area contributed by atoms with Gasteiger partial charge in [-0.05, 0) is 45.4 Å². The van der Waals surface area contributed by atoms with E-state index in [0.717, 1.165) is 6.42 Å². The van der Waals surface area contributed by atoms with Crippen LogP contribution in [0.3, 0.4) is 0 Å². The van der Waals surface area contributed by atoms with Gasteiger partial charge in [0.1, 0.15) is 22.7 Å². The van der Waals surface area contributed by atoms with Crippen molar-refractivity contribution in [1.29, 1.82) is 0 Å². The molecule has 4 rings (SSSR count). The molecule has 4 N–H and O–H groups in total. The molecule has 16 nitrogen and oxygen atoms in total. The summed E-state index contributed by atoms with van der Waals surface area (Å²) in [4.78, 5) is 70.0. The lowest BCUT2D eigenvalue weighted by atomic mass is 10.2. The highest BCUT2D eigenvalue weighted by Gasteiger charge is 2.22. The van der Waals surface area contributed by atoms with Gasteiger partial charge in [0.2, 0.25) is 5.82 Å². The topological polar surface area (TPSA) is 179 Å². The van der Waals surface area contributed by atoms with Gasteiger partial charge in [-0.3, -0.25) is 24.5 Å². The van der Waals surface area contributed by atoms with Gasteiger partial charge in [-0.1, -0.05) is 6.92 Å². The molecule has 5 amide bonds. The van der Waals surface area contributed by atoms with E-state index in [1.54, 1.807) is 94.7 Å². The highest BCUT2D eigenvalue weighted by Crippen LogP contribution is 2.20. The maximum atomic E-state index is 13.1. The maximum absolute atomic E-state index is 13.1. The number of nitrogens with zero attached hydrogens (tertiary/aromatic N) is 6. The first-order chi connectivity index (χ1) is 22.4. The fraction of sp³-hybridized carbons (Fsp3) is 0.375. The summed E-state index contributed by atoms with van der Waals surface area (Å²) in [6, 6.07) is 4.62. The predicted octanol–water partition coefficient (Wildman–Crippen LogP) is 4.02. The second kappa shape index (κ2) is 13.9. The van der Waals surface area contributed by atoms with Crippen molar-refractivity contribution in [2.75, 3.05) is 34.9 Å². The molecule has 0 aliphatic heterocycles. The van der Waals surface area contributed by atoms with E-state index in [1.165, 1.54) is 27.5 Å². The Morgan fingerprint density at radius 1 is 0.708 bits per heavy atom. The Morgan fingerprint density at radius 3 is 1.73 bits per heavy atom. The van der Waals surface area contributed by atoms with Crippen LogP contribution in [0.4, 0.5) is 27.7 Å². The van der Waals surface area contributed by atoms with Crippen molar-refractivity contribution in [2.45, 2.75) is 39.7 Å². The van der Waals surface area contributed by atoms with Gasteiger partial charge in [0.15, 0.2) is 5.82 Å². The Bertz CT molecular complexity index is 1870. The zero-order valence-electron chi connectivity index (χ0n) is 28.6. The minimum absolute atomic E-state index is 0.00819. The lowest BCUT2D eigenvalue weighted by molar-refractivity contribution is 0.0634. The molecule has 0 fully saturated rings. The second-order valence-corrected chi connectivity index (χ2v) is 12.5. The highest BCUT2D eigenvalue weighted by atomic mass is 16.6. The van der Waals surface area contributed by atoms with Crippen molar-refractivity contribution in [2.24, 2.45) is 28.2 Å². The van der Waals surface area contributed by atoms with Crippen molar-refractivity contribution in [3.8, 4) is 0 Å². The van der Waals surface area contributed by atoms with Crippen LogP contribution in [-0.4, -0.2) is 77.1 Å². The van der Waals surface area contributed by atoms with Crippen molar-refractivity contribution < 1.29 is 28.7 Å². The lowest BCUT2D eigenvalue weighted by Crippen LogP contribution is -2.28. The number of aromatic nitrogens is 5. The molecule has 0 saturated carbocycles. The van der Waals surface area contributed by atoms with Crippen LogP contribution >= 0.6 is 0 Å². The molecule has 0 radical (unpaired) electrons. The van der Waals surface area contributed by atoms with Gasteiger partial charge in [-0.15, -0.1) is 0 Å². The van der Waals surface area contributed by atoms with Crippen LogP contribution in [-0.2, 0) is 32.9 Å². The van der Waals surface area contributed by atoms with Crippen LogP contribution in [0.2, 0.25) is 0 Å². The zero-order valence-corrected chi connectivity index (χ0v) is 28.6. The normalized spacial score (nSPS) is 11.2. The SMILES string of the molecule is CCCN(C)C(=O)c1cc(NC(=O)c2cc(NC(=O)c3nc(NC(=O)c4cc(NC(=O)OC(C)(C)C)cn4C)cn3C)cn2C)cn1C. The summed E-state index contributed by atoms with van der Waals surface area (Å²) in [5.41, 5.74) is 1.43. The Kier molecular flexibility index (Phi) is 10.2. The van der Waals surface area contributed by atoms with Gasteiger partial charge in [-0.2, -0.15) is 0 Å². The second-order valence-electron chi connectivity index (χ2n) is 12.5. The fourth-order valence-electron chi connectivity index (χ4n) is 4.92. The summed E-state index contributed by atoms with van der Waals surface area (Å²) < 4.78 is 11.5. The molecule has 0 unspecified atom stereocenters. The number of carbonyl (C=O) groups excluding carboxylic acids is 5. The number of rotatable bonds is 10. The third-order valence-electron chi connectivity index (χ3n) is 7.09. The van der Waals surface area contributed by atoms with E-state index in [-0.39, 0.29) is 28.9 Å². The van der Waals surface area contributed by atoms with Gasteiger partial charge in [0.25, 0.3) is 23.6 Å². The molecule has 0 saturated heterocycles. The van der Waals surface area contributed by atoms with Crippen LogP contribution in [0, 0.1) is 0 Å². The summed E-state index contributed by atoms with van der Waals surface area (Å²) in [5, 5.41) is 10.8.